The molecule has 9 amide bonds. The van der Waals surface area contributed by atoms with Crippen molar-refractivity contribution in [1.29, 1.82) is 0 Å². The van der Waals surface area contributed by atoms with E-state index in [-0.39, 0.29) is 68.8 Å². The van der Waals surface area contributed by atoms with Gasteiger partial charge in [0.1, 0.15) is 48.4 Å². The third-order valence-corrected chi connectivity index (χ3v) is 20.0. The molecule has 1 aromatic rings. The Morgan fingerprint density at radius 2 is 1.09 bits per heavy atom. The van der Waals surface area contributed by atoms with E-state index in [1.807, 2.05) is 91.0 Å². The predicted molar refractivity (Wildman–Crippen MR) is 381 cm³/mol. The molecule has 1 aromatic carbocycles. The van der Waals surface area contributed by atoms with Gasteiger partial charge in [-0.25, -0.2) is 5.06 Å². The molecule has 24 heteroatoms. The predicted octanol–water partition coefficient (Wildman–Crippen LogP) is 6.77. The van der Waals surface area contributed by atoms with Crippen LogP contribution in [0.2, 0.25) is 0 Å². The Balaban J connectivity index is 1.89. The quantitative estimate of drug-likeness (QED) is 0.128. The number of ether oxygens (including phenoxy) is 2. The second-order valence-corrected chi connectivity index (χ2v) is 30.2. The van der Waals surface area contributed by atoms with Crippen LogP contribution in [0, 0.1) is 47.3 Å². The smallest absolute Gasteiger partial charge is 0.270 e. The number of carbonyl (C=O) groups excluding carboxylic acids is 11. The first-order valence-corrected chi connectivity index (χ1v) is 36.3. The number of carbonyl (C=O) groups is 11. The summed E-state index contributed by atoms with van der Waals surface area (Å²) in [7, 11) is 8.86. The van der Waals surface area contributed by atoms with Gasteiger partial charge in [-0.3, -0.25) is 62.5 Å². The lowest BCUT2D eigenvalue weighted by atomic mass is 9.85. The fourth-order valence-electron chi connectivity index (χ4n) is 13.6. The molecule has 3 fully saturated rings. The maximum atomic E-state index is 15.4. The molecule has 558 valence electrons. The largest absolute Gasteiger partial charge is 0.379 e. The van der Waals surface area contributed by atoms with E-state index in [1.54, 1.807) is 48.5 Å². The van der Waals surface area contributed by atoms with Gasteiger partial charge >= 0.3 is 0 Å². The third kappa shape index (κ3) is 23.2. The van der Waals surface area contributed by atoms with E-state index in [9.17, 15) is 19.2 Å². The summed E-state index contributed by atoms with van der Waals surface area (Å²) in [5.74, 6) is -10.2. The molecule has 0 aromatic heterocycles. The number of benzene rings is 1. The van der Waals surface area contributed by atoms with Crippen molar-refractivity contribution >= 4 is 70.8 Å². The molecule has 3 aliphatic rings. The van der Waals surface area contributed by atoms with E-state index in [1.165, 1.54) is 85.5 Å². The van der Waals surface area contributed by atoms with Crippen LogP contribution in [0.5, 0.6) is 0 Å². The molecular weight excluding hydrogens is 1260 g/mol. The average molecular weight is 1390 g/mol. The molecular formula is C75H124N10O14. The highest BCUT2D eigenvalue weighted by molar-refractivity contribution is 6.00. The van der Waals surface area contributed by atoms with Crippen LogP contribution in [0.25, 0.3) is 6.08 Å². The number of allylic oxidation sites excluding steroid dienone is 1. The number of ketones is 2. The van der Waals surface area contributed by atoms with E-state index >= 15 is 33.6 Å². The summed E-state index contributed by atoms with van der Waals surface area (Å²) in [4.78, 5) is 181. The number of unbranched alkanes of at least 4 members (excludes halogenated alkanes) is 1. The minimum absolute atomic E-state index is 0.0534. The van der Waals surface area contributed by atoms with Gasteiger partial charge in [0.05, 0.1) is 25.4 Å². The Hall–Kier alpha value is -6.63. The number of hydrogen-bond donors (Lipinski definition) is 2. The van der Waals surface area contributed by atoms with Crippen LogP contribution in [-0.4, -0.2) is 252 Å². The number of hydroxylamine groups is 2. The molecule has 0 bridgehead atoms. The van der Waals surface area contributed by atoms with Crippen molar-refractivity contribution in [3.63, 3.8) is 0 Å². The molecule has 0 unspecified atom stereocenters. The zero-order valence-electron chi connectivity index (χ0n) is 63.9. The monoisotopic (exact) mass is 1390 g/mol. The van der Waals surface area contributed by atoms with Crippen LogP contribution in [0.15, 0.2) is 36.4 Å². The first kappa shape index (κ1) is 84.8. The molecule has 99 heavy (non-hydrogen) atoms. The van der Waals surface area contributed by atoms with Gasteiger partial charge in [-0.1, -0.05) is 132 Å². The van der Waals surface area contributed by atoms with Gasteiger partial charge in [0.15, 0.2) is 17.6 Å². The Bertz CT molecular complexity index is 2900. The van der Waals surface area contributed by atoms with Gasteiger partial charge in [0.2, 0.25) is 47.3 Å². The Morgan fingerprint density at radius 3 is 1.64 bits per heavy atom. The average Bonchev–Trinajstić information content (AvgIpc) is 0.754. The van der Waals surface area contributed by atoms with Gasteiger partial charge < -0.3 is 49.5 Å². The molecule has 4 rings (SSSR count). The molecule has 3 saturated heterocycles. The molecule has 0 spiro atoms. The van der Waals surface area contributed by atoms with Gasteiger partial charge in [-0.05, 0) is 113 Å². The number of Topliss-reactive ketones (excluding diaryl/α,β-unsaturated/α-hetero) is 2. The molecule has 0 aliphatic carbocycles. The second-order valence-electron chi connectivity index (χ2n) is 30.2. The lowest BCUT2D eigenvalue weighted by Gasteiger charge is -2.50. The highest BCUT2D eigenvalue weighted by Crippen LogP contribution is 2.34. The van der Waals surface area contributed by atoms with Crippen molar-refractivity contribution in [3.8, 4) is 0 Å². The summed E-state index contributed by atoms with van der Waals surface area (Å²) >= 11 is 0. The van der Waals surface area contributed by atoms with Crippen molar-refractivity contribution in [2.45, 2.75) is 235 Å². The molecule has 2 N–H and O–H groups in total. The number of nitrogens with one attached hydrogen (secondary N) is 2. The number of amides is 9. The SMILES string of the molecule is CC[C@@H]1NC(=O)[C@@H]2[C@@H]([C@H](C)C/C=C/c3ccccc3)ON2C(=O)[C@H](C(C)C)N(C)C(=O)[C@H](CC(C)C)N(C)C(=O)[C@H](CC(C)C)N(C)C(=O)[C@@H](C)NC(=O)[C@H](C)CC(=O)[C@H](CC(C)C)N(C)C(=O)[C@H](C(C)C)CC(=O)[C@H]([C@@H](C)OCCCCN2CCOCC2)N(C)C(=O)[C@@H](C)N(C)C1=O. The normalized spacial score (nSPS) is 27.9. The van der Waals surface area contributed by atoms with Crippen molar-refractivity contribution in [3.05, 3.63) is 42.0 Å². The molecule has 14 atom stereocenters. The fourth-order valence-corrected chi connectivity index (χ4v) is 13.6. The number of nitrogens with zero attached hydrogens (tertiary/aromatic N) is 8. The van der Waals surface area contributed by atoms with Crippen LogP contribution in [-0.2, 0) is 67.1 Å². The summed E-state index contributed by atoms with van der Waals surface area (Å²) in [5.41, 5.74) is 0.949. The number of morpholine rings is 1. The topological polar surface area (TPSA) is 265 Å². The zero-order chi connectivity index (χ0) is 74.6. The van der Waals surface area contributed by atoms with E-state index in [0.717, 1.165) is 36.7 Å². The van der Waals surface area contributed by atoms with Gasteiger partial charge in [0, 0.05) is 86.7 Å². The van der Waals surface area contributed by atoms with Crippen LogP contribution >= 0.6 is 0 Å². The van der Waals surface area contributed by atoms with Crippen molar-refractivity contribution < 1.29 is 67.1 Å². The molecule has 3 heterocycles. The van der Waals surface area contributed by atoms with E-state index < -0.39 is 155 Å². The maximum Gasteiger partial charge on any atom is 0.270 e. The standard InChI is InChI=1S/C75H124N10O14/c1-23-57-72(93)78(17)53(15)70(91)83(22)64(54(16)98-37-28-27-34-84-35-38-97-39-36-84)62(87)44-56(48(8)9)71(92)79(18)58(40-45(2)3)61(86)43-51(13)67(88)76-52(14)69(90)80(19)59(41-46(4)5)73(94)81(20)60(42-47(6)7)74(95)82(21)63(49(10)11)75(96)85-65(68(89)77-57)66(99-85)50(12)30-29-33-55-31-25-24-26-32-55/h24-26,29,31-33,45-54,56-60,63-66H,23,27-28,30,34-44H2,1-22H3,(H,76,88)(H,77,89)/b33-29+/t50-,51-,52-,53-,54-,56+,57+,58+,59+,60+,63+,64+,65+,66-/m1/s1. The van der Waals surface area contributed by atoms with E-state index in [2.05, 4.69) is 15.5 Å². The first-order valence-electron chi connectivity index (χ1n) is 36.3. The Kier molecular flexibility index (Phi) is 33.9. The maximum absolute atomic E-state index is 15.4. The van der Waals surface area contributed by atoms with Crippen molar-refractivity contribution in [2.24, 2.45) is 47.3 Å². The van der Waals surface area contributed by atoms with Crippen molar-refractivity contribution in [2.75, 3.05) is 81.7 Å². The van der Waals surface area contributed by atoms with E-state index in [0.29, 0.717) is 26.1 Å². The van der Waals surface area contributed by atoms with Gasteiger partial charge in [0.25, 0.3) is 5.91 Å². The summed E-state index contributed by atoms with van der Waals surface area (Å²) in [6.45, 7) is 32.4. The number of hydrogen-bond acceptors (Lipinski definition) is 15. The summed E-state index contributed by atoms with van der Waals surface area (Å²) in [6, 6.07) is -1.12. The fraction of sp³-hybridized carbons (Fsp3) is 0.747. The van der Waals surface area contributed by atoms with Crippen LogP contribution in [0.3, 0.4) is 0 Å². The lowest BCUT2D eigenvalue weighted by molar-refractivity contribution is -0.321. The Morgan fingerprint density at radius 1 is 0.556 bits per heavy atom. The summed E-state index contributed by atoms with van der Waals surface area (Å²) in [6.07, 6.45) is 3.92. The third-order valence-electron chi connectivity index (χ3n) is 20.0. The minimum Gasteiger partial charge on any atom is -0.379 e. The van der Waals surface area contributed by atoms with Crippen molar-refractivity contribution in [1.82, 2.24) is 50.0 Å². The zero-order valence-corrected chi connectivity index (χ0v) is 63.9. The summed E-state index contributed by atoms with van der Waals surface area (Å²) < 4.78 is 11.9. The molecule has 0 saturated carbocycles. The number of fused-ring (bicyclic) bond motifs is 1. The van der Waals surface area contributed by atoms with Gasteiger partial charge in [-0.2, -0.15) is 0 Å². The van der Waals surface area contributed by atoms with Crippen LogP contribution in [0.4, 0.5) is 0 Å². The highest BCUT2D eigenvalue weighted by atomic mass is 16.7. The molecule has 24 nitrogen and oxygen atoms in total. The summed E-state index contributed by atoms with van der Waals surface area (Å²) in [5, 5.41) is 6.65. The first-order chi connectivity index (χ1) is 46.4. The Labute approximate surface area is 591 Å². The number of rotatable bonds is 20. The highest BCUT2D eigenvalue weighted by Gasteiger charge is 2.55. The van der Waals surface area contributed by atoms with Crippen LogP contribution in [0.1, 0.15) is 174 Å². The van der Waals surface area contributed by atoms with Gasteiger partial charge in [-0.15, -0.1) is 0 Å². The number of likely N-dealkylation sites (N-methyl/N-ethyl adjacent to an activating group) is 6. The second kappa shape index (κ2) is 39.5. The van der Waals surface area contributed by atoms with Crippen LogP contribution < -0.4 is 10.6 Å². The lowest BCUT2D eigenvalue weighted by Crippen LogP contribution is -2.72. The van der Waals surface area contributed by atoms with E-state index in [4.69, 9.17) is 14.3 Å². The molecule has 3 aliphatic heterocycles. The minimum atomic E-state index is -1.32. The molecule has 0 radical (unpaired) electrons.